The maximum atomic E-state index is 11.0. The van der Waals surface area contributed by atoms with Gasteiger partial charge in [0.15, 0.2) is 0 Å². The van der Waals surface area contributed by atoms with Crippen molar-refractivity contribution in [3.63, 3.8) is 0 Å². The molecule has 2 amide bonds. The molecule has 0 saturated carbocycles. The summed E-state index contributed by atoms with van der Waals surface area (Å²) < 4.78 is 0. The Morgan fingerprint density at radius 2 is 1.85 bits per heavy atom. The molecule has 6 heteroatoms. The third-order valence-electron chi connectivity index (χ3n) is 2.40. The van der Waals surface area contributed by atoms with E-state index in [9.17, 15) is 9.59 Å². The number of benzene rings is 1. The van der Waals surface area contributed by atoms with Gasteiger partial charge in [0.1, 0.15) is 6.61 Å². The van der Waals surface area contributed by atoms with E-state index in [0.29, 0.717) is 6.54 Å². The zero-order valence-electron chi connectivity index (χ0n) is 11.0. The topological polar surface area (TPSA) is 110 Å². The average molecular weight is 275 g/mol. The summed E-state index contributed by atoms with van der Waals surface area (Å²) in [6.45, 7) is 0.0607. The molecule has 6 nitrogen and oxygen atoms in total. The van der Waals surface area contributed by atoms with Gasteiger partial charge in [-0.1, -0.05) is 24.0 Å². The van der Waals surface area contributed by atoms with E-state index in [2.05, 4.69) is 11.8 Å². The first-order chi connectivity index (χ1) is 9.51. The summed E-state index contributed by atoms with van der Waals surface area (Å²) in [4.78, 5) is 23.5. The minimum atomic E-state index is -0.525. The minimum Gasteiger partial charge on any atom is -0.384 e. The number of primary amides is 2. The number of amides is 2. The van der Waals surface area contributed by atoms with Crippen LogP contribution in [-0.4, -0.2) is 41.5 Å². The van der Waals surface area contributed by atoms with Crippen LogP contribution in [0.1, 0.15) is 11.1 Å². The van der Waals surface area contributed by atoms with Crippen molar-refractivity contribution < 1.29 is 14.7 Å². The van der Waals surface area contributed by atoms with Crippen LogP contribution < -0.4 is 11.5 Å². The molecule has 0 aliphatic heterocycles. The lowest BCUT2D eigenvalue weighted by molar-refractivity contribution is -0.122. The van der Waals surface area contributed by atoms with Gasteiger partial charge in [-0.2, -0.15) is 0 Å². The molecule has 0 bridgehead atoms. The fraction of sp³-hybridized carbons (Fsp3) is 0.286. The van der Waals surface area contributed by atoms with Crippen molar-refractivity contribution in [2.24, 2.45) is 11.5 Å². The van der Waals surface area contributed by atoms with E-state index < -0.39 is 11.8 Å². The van der Waals surface area contributed by atoms with Gasteiger partial charge < -0.3 is 16.6 Å². The number of carbonyl (C=O) groups is 2. The Labute approximate surface area is 117 Å². The third kappa shape index (κ3) is 6.00. The highest BCUT2D eigenvalue weighted by atomic mass is 16.2. The molecule has 20 heavy (non-hydrogen) atoms. The number of carbonyl (C=O) groups excluding carboxylic acids is 2. The van der Waals surface area contributed by atoms with Crippen molar-refractivity contribution in [3.05, 3.63) is 35.4 Å². The number of hydrogen-bond donors (Lipinski definition) is 3. The van der Waals surface area contributed by atoms with Gasteiger partial charge in [-0.25, -0.2) is 0 Å². The van der Waals surface area contributed by atoms with E-state index >= 15 is 0 Å². The molecule has 1 aromatic rings. The van der Waals surface area contributed by atoms with Crippen molar-refractivity contribution in [1.29, 1.82) is 0 Å². The largest absolute Gasteiger partial charge is 0.384 e. The van der Waals surface area contributed by atoms with Gasteiger partial charge in [0.2, 0.25) is 11.8 Å². The second-order valence-electron chi connectivity index (χ2n) is 4.24. The summed E-state index contributed by atoms with van der Waals surface area (Å²) in [5, 5.41) is 8.66. The zero-order chi connectivity index (χ0) is 15.0. The van der Waals surface area contributed by atoms with Crippen LogP contribution in [0.25, 0.3) is 0 Å². The highest BCUT2D eigenvalue weighted by Gasteiger charge is 2.11. The summed E-state index contributed by atoms with van der Waals surface area (Å²) in [5.41, 5.74) is 11.9. The monoisotopic (exact) mass is 275 g/mol. The molecule has 0 unspecified atom stereocenters. The standard InChI is InChI=1S/C14H17N3O3/c15-13(19)9-17(10-14(16)20)8-12-4-1-3-11(7-12)5-2-6-18/h1,3-4,7,18H,6,8-10H2,(H2,15,19)(H2,16,20). The highest BCUT2D eigenvalue weighted by Crippen LogP contribution is 2.07. The molecule has 0 aromatic heterocycles. The lowest BCUT2D eigenvalue weighted by Crippen LogP contribution is -2.39. The minimum absolute atomic E-state index is 0.0461. The van der Waals surface area contributed by atoms with E-state index in [0.717, 1.165) is 11.1 Å². The van der Waals surface area contributed by atoms with Gasteiger partial charge >= 0.3 is 0 Å². The number of nitrogens with two attached hydrogens (primary N) is 2. The number of aliphatic hydroxyl groups is 1. The molecule has 0 fully saturated rings. The van der Waals surface area contributed by atoms with Gasteiger partial charge in [-0.15, -0.1) is 0 Å². The average Bonchev–Trinajstić information content (AvgIpc) is 2.35. The smallest absolute Gasteiger partial charge is 0.231 e. The Bertz CT molecular complexity index is 530. The highest BCUT2D eigenvalue weighted by molar-refractivity contribution is 5.79. The van der Waals surface area contributed by atoms with Crippen molar-refractivity contribution >= 4 is 11.8 Å². The molecule has 1 aromatic carbocycles. The summed E-state index contributed by atoms with van der Waals surface area (Å²) in [6, 6.07) is 7.28. The normalized spacial score (nSPS) is 9.90. The Morgan fingerprint density at radius 3 is 2.40 bits per heavy atom. The van der Waals surface area contributed by atoms with Crippen LogP contribution in [0.5, 0.6) is 0 Å². The third-order valence-corrected chi connectivity index (χ3v) is 2.40. The van der Waals surface area contributed by atoms with Crippen molar-refractivity contribution in [1.82, 2.24) is 4.90 Å². The molecule has 0 aliphatic carbocycles. The summed E-state index contributed by atoms with van der Waals surface area (Å²) in [6.07, 6.45) is 0. The SMILES string of the molecule is NC(=O)CN(CC(N)=O)Cc1cccc(C#CCO)c1. The molecule has 0 atom stereocenters. The van der Waals surface area contributed by atoms with Crippen LogP contribution in [0.15, 0.2) is 24.3 Å². The molecule has 0 aliphatic rings. The van der Waals surface area contributed by atoms with Crippen molar-refractivity contribution in [2.45, 2.75) is 6.54 Å². The van der Waals surface area contributed by atoms with E-state index in [1.165, 1.54) is 0 Å². The van der Waals surface area contributed by atoms with Crippen LogP contribution in [0.2, 0.25) is 0 Å². The fourth-order valence-electron chi connectivity index (χ4n) is 1.76. The second kappa shape index (κ2) is 7.94. The van der Waals surface area contributed by atoms with Gasteiger partial charge in [0.25, 0.3) is 0 Å². The molecule has 106 valence electrons. The molecular formula is C14H17N3O3. The van der Waals surface area contributed by atoms with Gasteiger partial charge in [-0.3, -0.25) is 14.5 Å². The van der Waals surface area contributed by atoms with E-state index in [1.54, 1.807) is 11.0 Å². The lowest BCUT2D eigenvalue weighted by atomic mass is 10.1. The Kier molecular flexibility index (Phi) is 6.23. The molecule has 0 saturated heterocycles. The number of nitrogens with zero attached hydrogens (tertiary/aromatic N) is 1. The van der Waals surface area contributed by atoms with Gasteiger partial charge in [-0.05, 0) is 17.7 Å². The molecule has 0 heterocycles. The quantitative estimate of drug-likeness (QED) is 0.567. The fourth-order valence-corrected chi connectivity index (χ4v) is 1.76. The molecule has 5 N–H and O–H groups in total. The summed E-state index contributed by atoms with van der Waals surface area (Å²) in [5.74, 6) is 4.29. The van der Waals surface area contributed by atoms with Crippen LogP contribution in [-0.2, 0) is 16.1 Å². The molecule has 0 spiro atoms. The number of aliphatic hydroxyl groups excluding tert-OH is 1. The van der Waals surface area contributed by atoms with E-state index in [1.807, 2.05) is 18.2 Å². The van der Waals surface area contributed by atoms with Crippen molar-refractivity contribution in [2.75, 3.05) is 19.7 Å². The predicted molar refractivity (Wildman–Crippen MR) is 74.1 cm³/mol. The summed E-state index contributed by atoms with van der Waals surface area (Å²) in [7, 11) is 0. The Morgan fingerprint density at radius 1 is 1.20 bits per heavy atom. The van der Waals surface area contributed by atoms with E-state index in [-0.39, 0.29) is 19.7 Å². The Hall–Kier alpha value is -2.36. The Balaban J connectivity index is 2.81. The van der Waals surface area contributed by atoms with Crippen LogP contribution in [0.3, 0.4) is 0 Å². The predicted octanol–water partition coefficient (Wildman–Crippen LogP) is -1.20. The summed E-state index contributed by atoms with van der Waals surface area (Å²) >= 11 is 0. The zero-order valence-corrected chi connectivity index (χ0v) is 11.0. The lowest BCUT2D eigenvalue weighted by Gasteiger charge is -2.19. The molecule has 1 rings (SSSR count). The number of hydrogen-bond acceptors (Lipinski definition) is 4. The van der Waals surface area contributed by atoms with E-state index in [4.69, 9.17) is 16.6 Å². The van der Waals surface area contributed by atoms with Crippen LogP contribution in [0, 0.1) is 11.8 Å². The molecular weight excluding hydrogens is 258 g/mol. The number of rotatable bonds is 6. The maximum absolute atomic E-state index is 11.0. The van der Waals surface area contributed by atoms with Gasteiger partial charge in [0, 0.05) is 12.1 Å². The second-order valence-corrected chi connectivity index (χ2v) is 4.24. The van der Waals surface area contributed by atoms with Crippen LogP contribution in [0.4, 0.5) is 0 Å². The van der Waals surface area contributed by atoms with Crippen molar-refractivity contribution in [3.8, 4) is 11.8 Å². The van der Waals surface area contributed by atoms with Gasteiger partial charge in [0.05, 0.1) is 13.1 Å². The first-order valence-corrected chi connectivity index (χ1v) is 5.99. The maximum Gasteiger partial charge on any atom is 0.231 e. The first-order valence-electron chi connectivity index (χ1n) is 5.99. The van der Waals surface area contributed by atoms with Crippen LogP contribution >= 0.6 is 0 Å². The molecule has 0 radical (unpaired) electrons. The first kappa shape index (κ1) is 15.7.